The molecular formula is C12H17N5O2. The van der Waals surface area contributed by atoms with Crippen LogP contribution in [0.4, 0.5) is 5.95 Å². The normalized spacial score (nSPS) is 11.6. The Kier molecular flexibility index (Phi) is 3.28. The van der Waals surface area contributed by atoms with Gasteiger partial charge in [0.2, 0.25) is 5.95 Å². The smallest absolute Gasteiger partial charge is 0.329 e. The lowest BCUT2D eigenvalue weighted by Crippen LogP contribution is -2.29. The number of hydrogen-bond acceptors (Lipinski definition) is 4. The molecule has 7 heteroatoms. The van der Waals surface area contributed by atoms with Crippen molar-refractivity contribution in [2.75, 3.05) is 19.0 Å². The van der Waals surface area contributed by atoms with Crippen molar-refractivity contribution in [3.63, 3.8) is 0 Å². The average Bonchev–Trinajstić information content (AvgIpc) is 2.73. The number of aromatic amines is 1. The van der Waals surface area contributed by atoms with Gasteiger partial charge in [-0.25, -0.2) is 4.79 Å². The number of imidazole rings is 1. The minimum atomic E-state index is -0.460. The summed E-state index contributed by atoms with van der Waals surface area (Å²) in [6.45, 7) is 2.44. The number of fused-ring (bicyclic) bond motifs is 1. The van der Waals surface area contributed by atoms with Crippen molar-refractivity contribution in [1.29, 1.82) is 0 Å². The predicted octanol–water partition coefficient (Wildman–Crippen LogP) is 0.0654. The fraction of sp³-hybridized carbons (Fsp3) is 0.417. The van der Waals surface area contributed by atoms with Crippen molar-refractivity contribution in [3.05, 3.63) is 33.0 Å². The highest BCUT2D eigenvalue weighted by molar-refractivity contribution is 5.74. The lowest BCUT2D eigenvalue weighted by Gasteiger charge is -2.12. The summed E-state index contributed by atoms with van der Waals surface area (Å²) in [6, 6.07) is 0. The number of aromatic nitrogens is 4. The maximum atomic E-state index is 12.0. The summed E-state index contributed by atoms with van der Waals surface area (Å²) in [5.41, 5.74) is -0.0763. The van der Waals surface area contributed by atoms with E-state index in [0.29, 0.717) is 23.7 Å². The third-order valence-corrected chi connectivity index (χ3v) is 2.91. The molecule has 7 nitrogen and oxygen atoms in total. The maximum absolute atomic E-state index is 12.0. The molecule has 0 fully saturated rings. The van der Waals surface area contributed by atoms with Crippen LogP contribution in [0.5, 0.6) is 0 Å². The Morgan fingerprint density at radius 3 is 2.63 bits per heavy atom. The summed E-state index contributed by atoms with van der Waals surface area (Å²) in [5.74, 6) is 0.639. The first kappa shape index (κ1) is 13.1. The highest BCUT2D eigenvalue weighted by atomic mass is 16.2. The maximum Gasteiger partial charge on any atom is 0.329 e. The third-order valence-electron chi connectivity index (χ3n) is 2.91. The second-order valence-electron chi connectivity index (χ2n) is 4.48. The topological polar surface area (TPSA) is 75.9 Å². The fourth-order valence-corrected chi connectivity index (χ4v) is 1.95. The van der Waals surface area contributed by atoms with Crippen LogP contribution in [0, 0.1) is 0 Å². The van der Waals surface area contributed by atoms with Gasteiger partial charge in [-0.1, -0.05) is 12.2 Å². The van der Waals surface area contributed by atoms with Gasteiger partial charge in [0, 0.05) is 27.7 Å². The highest BCUT2D eigenvalue weighted by Gasteiger charge is 2.17. The van der Waals surface area contributed by atoms with Crippen LogP contribution in [0.1, 0.15) is 6.92 Å². The van der Waals surface area contributed by atoms with Gasteiger partial charge in [0.25, 0.3) is 5.56 Å². The Morgan fingerprint density at radius 1 is 1.37 bits per heavy atom. The van der Waals surface area contributed by atoms with Crippen molar-refractivity contribution >= 4 is 17.1 Å². The first-order chi connectivity index (χ1) is 8.97. The van der Waals surface area contributed by atoms with Gasteiger partial charge in [-0.15, -0.1) is 0 Å². The molecule has 0 saturated heterocycles. The van der Waals surface area contributed by atoms with Gasteiger partial charge in [-0.2, -0.15) is 4.98 Å². The number of H-pyrrole nitrogens is 1. The zero-order valence-corrected chi connectivity index (χ0v) is 11.5. The second kappa shape index (κ2) is 4.75. The molecule has 0 aliphatic carbocycles. The van der Waals surface area contributed by atoms with E-state index in [1.54, 1.807) is 11.6 Å². The number of nitrogens with zero attached hydrogens (tertiary/aromatic N) is 4. The fourth-order valence-electron chi connectivity index (χ4n) is 1.95. The summed E-state index contributed by atoms with van der Waals surface area (Å²) in [6.07, 6.45) is 3.83. The molecule has 2 aromatic rings. The van der Waals surface area contributed by atoms with Gasteiger partial charge < -0.3 is 9.47 Å². The number of anilines is 1. The molecule has 0 spiro atoms. The first-order valence-corrected chi connectivity index (χ1v) is 5.95. The molecule has 0 aliphatic rings. The van der Waals surface area contributed by atoms with E-state index >= 15 is 0 Å². The van der Waals surface area contributed by atoms with E-state index in [-0.39, 0.29) is 0 Å². The summed E-state index contributed by atoms with van der Waals surface area (Å²) < 4.78 is 3.13. The van der Waals surface area contributed by atoms with E-state index in [0.717, 1.165) is 0 Å². The molecular weight excluding hydrogens is 246 g/mol. The minimum Gasteiger partial charge on any atom is -0.348 e. The molecule has 2 aromatic heterocycles. The SMILES string of the molecule is C/C=C/Cn1c(N(C)C)nc2c1c(=O)[nH]c(=O)n2C. The van der Waals surface area contributed by atoms with Crippen LogP contribution in [0.2, 0.25) is 0 Å². The largest absolute Gasteiger partial charge is 0.348 e. The standard InChI is InChI=1S/C12H17N5O2/c1-5-6-7-17-8-9(13-11(17)15(2)3)16(4)12(19)14-10(8)18/h5-6H,7H2,1-4H3,(H,14,18,19)/b6-5+. The number of hydrogen-bond donors (Lipinski definition) is 1. The molecule has 0 bridgehead atoms. The van der Waals surface area contributed by atoms with Crippen LogP contribution in [-0.4, -0.2) is 33.2 Å². The van der Waals surface area contributed by atoms with Crippen LogP contribution in [0.3, 0.4) is 0 Å². The van der Waals surface area contributed by atoms with Crippen LogP contribution >= 0.6 is 0 Å². The van der Waals surface area contributed by atoms with Gasteiger partial charge in [0.05, 0.1) is 0 Å². The van der Waals surface area contributed by atoms with E-state index in [1.165, 1.54) is 4.57 Å². The molecule has 0 aromatic carbocycles. The summed E-state index contributed by atoms with van der Waals surface area (Å²) >= 11 is 0. The number of rotatable bonds is 3. The Hall–Kier alpha value is -2.31. The van der Waals surface area contributed by atoms with Gasteiger partial charge in [-0.05, 0) is 6.92 Å². The minimum absolute atomic E-state index is 0.391. The summed E-state index contributed by atoms with van der Waals surface area (Å²) in [4.78, 5) is 32.1. The van der Waals surface area contributed by atoms with Crippen molar-refractivity contribution < 1.29 is 0 Å². The van der Waals surface area contributed by atoms with E-state index in [1.807, 2.05) is 38.1 Å². The summed E-state index contributed by atoms with van der Waals surface area (Å²) in [7, 11) is 5.28. The molecule has 0 amide bonds. The van der Waals surface area contributed by atoms with E-state index in [2.05, 4.69) is 9.97 Å². The van der Waals surface area contributed by atoms with Gasteiger partial charge in [0.15, 0.2) is 11.2 Å². The van der Waals surface area contributed by atoms with Crippen LogP contribution in [0.25, 0.3) is 11.2 Å². The number of allylic oxidation sites excluding steroid dienone is 2. The number of nitrogens with one attached hydrogen (secondary N) is 1. The quantitative estimate of drug-likeness (QED) is 0.795. The zero-order valence-electron chi connectivity index (χ0n) is 11.5. The predicted molar refractivity (Wildman–Crippen MR) is 74.7 cm³/mol. The lowest BCUT2D eigenvalue weighted by atomic mass is 10.4. The molecule has 0 radical (unpaired) electrons. The molecule has 0 atom stereocenters. The Balaban J connectivity index is 2.89. The summed E-state index contributed by atoms with van der Waals surface area (Å²) in [5, 5.41) is 0. The highest BCUT2D eigenvalue weighted by Crippen LogP contribution is 2.17. The van der Waals surface area contributed by atoms with Crippen LogP contribution < -0.4 is 16.1 Å². The Bertz CT molecular complexity index is 748. The average molecular weight is 263 g/mol. The van der Waals surface area contributed by atoms with Gasteiger partial charge >= 0.3 is 5.69 Å². The van der Waals surface area contributed by atoms with Gasteiger partial charge in [0.1, 0.15) is 0 Å². The molecule has 19 heavy (non-hydrogen) atoms. The van der Waals surface area contributed by atoms with Crippen molar-refractivity contribution in [2.45, 2.75) is 13.5 Å². The van der Waals surface area contributed by atoms with E-state index < -0.39 is 11.2 Å². The molecule has 0 aliphatic heterocycles. The van der Waals surface area contributed by atoms with Crippen molar-refractivity contribution in [1.82, 2.24) is 19.1 Å². The van der Waals surface area contributed by atoms with Crippen LogP contribution in [0.15, 0.2) is 21.7 Å². The third kappa shape index (κ3) is 2.07. The van der Waals surface area contributed by atoms with Gasteiger partial charge in [-0.3, -0.25) is 14.3 Å². The van der Waals surface area contributed by atoms with E-state index in [4.69, 9.17) is 0 Å². The van der Waals surface area contributed by atoms with Crippen LogP contribution in [-0.2, 0) is 13.6 Å². The molecule has 1 N–H and O–H groups in total. The van der Waals surface area contributed by atoms with Crippen molar-refractivity contribution in [2.24, 2.45) is 7.05 Å². The number of aryl methyl sites for hydroxylation is 1. The van der Waals surface area contributed by atoms with Crippen molar-refractivity contribution in [3.8, 4) is 0 Å². The molecule has 102 valence electrons. The zero-order chi connectivity index (χ0) is 14.2. The lowest BCUT2D eigenvalue weighted by molar-refractivity contribution is 0.808. The van der Waals surface area contributed by atoms with E-state index in [9.17, 15) is 9.59 Å². The monoisotopic (exact) mass is 263 g/mol. The Morgan fingerprint density at radius 2 is 2.05 bits per heavy atom. The molecule has 0 saturated carbocycles. The molecule has 0 unspecified atom stereocenters. The first-order valence-electron chi connectivity index (χ1n) is 5.95. The molecule has 2 rings (SSSR count). The molecule has 2 heterocycles. The Labute approximate surface area is 109 Å². The second-order valence-corrected chi connectivity index (χ2v) is 4.48.